The number of halogens is 3. The Bertz CT molecular complexity index is 304. The molecule has 4 nitrogen and oxygen atoms in total. The van der Waals surface area contributed by atoms with E-state index in [4.69, 9.17) is 5.73 Å². The van der Waals surface area contributed by atoms with Gasteiger partial charge in [0.2, 0.25) is 0 Å². The van der Waals surface area contributed by atoms with Crippen molar-refractivity contribution in [1.82, 2.24) is 15.0 Å². The number of nitrogens with two attached hydrogens (primary N) is 1. The Labute approximate surface area is 78.9 Å². The molecule has 1 aromatic heterocycles. The zero-order chi connectivity index (χ0) is 10.8. The first-order chi connectivity index (χ1) is 6.50. The largest absolute Gasteiger partial charge is 0.434 e. The van der Waals surface area contributed by atoms with Crippen molar-refractivity contribution in [2.45, 2.75) is 32.6 Å². The molecule has 0 aromatic carbocycles. The minimum Gasteiger partial charge on any atom is -0.325 e. The van der Waals surface area contributed by atoms with E-state index < -0.39 is 11.9 Å². The minimum absolute atomic E-state index is 0.196. The number of hydrogen-bond donors (Lipinski definition) is 1. The lowest BCUT2D eigenvalue weighted by molar-refractivity contribution is -0.144. The number of hydrogen-bond acceptors (Lipinski definition) is 3. The summed E-state index contributed by atoms with van der Waals surface area (Å²) >= 11 is 0. The molecule has 0 bridgehead atoms. The monoisotopic (exact) mass is 208 g/mol. The molecule has 1 aromatic rings. The smallest absolute Gasteiger partial charge is 0.325 e. The maximum atomic E-state index is 12.5. The molecule has 1 heterocycles. The van der Waals surface area contributed by atoms with Crippen LogP contribution in [0.5, 0.6) is 0 Å². The van der Waals surface area contributed by atoms with Crippen molar-refractivity contribution in [1.29, 1.82) is 0 Å². The van der Waals surface area contributed by atoms with Crippen LogP contribution in [0.25, 0.3) is 0 Å². The molecular formula is C7H11F3N4. The van der Waals surface area contributed by atoms with E-state index in [1.165, 1.54) is 0 Å². The lowest BCUT2D eigenvalue weighted by atomic mass is 10.3. The fourth-order valence-corrected chi connectivity index (χ4v) is 1.16. The van der Waals surface area contributed by atoms with Gasteiger partial charge in [-0.05, 0) is 6.42 Å². The predicted octanol–water partition coefficient (Wildman–Crippen LogP) is 1.17. The van der Waals surface area contributed by atoms with E-state index in [0.717, 1.165) is 4.68 Å². The van der Waals surface area contributed by atoms with Crippen molar-refractivity contribution >= 4 is 0 Å². The molecule has 0 aliphatic rings. The Balaban J connectivity index is 3.13. The molecule has 0 unspecified atom stereocenters. The van der Waals surface area contributed by atoms with E-state index in [1.54, 1.807) is 6.92 Å². The van der Waals surface area contributed by atoms with Gasteiger partial charge in [-0.2, -0.15) is 13.2 Å². The van der Waals surface area contributed by atoms with Gasteiger partial charge in [0.05, 0.1) is 0 Å². The summed E-state index contributed by atoms with van der Waals surface area (Å²) in [6, 6.07) is 0. The normalized spacial score (nSPS) is 12.1. The second kappa shape index (κ2) is 3.95. The first kappa shape index (κ1) is 11.0. The Morgan fingerprint density at radius 2 is 2.07 bits per heavy atom. The average Bonchev–Trinajstić information content (AvgIpc) is 2.47. The van der Waals surface area contributed by atoms with Gasteiger partial charge in [-0.1, -0.05) is 12.1 Å². The molecule has 14 heavy (non-hydrogen) atoms. The summed E-state index contributed by atoms with van der Waals surface area (Å²) < 4.78 is 38.3. The molecule has 0 aliphatic carbocycles. The second-order valence-electron chi connectivity index (χ2n) is 2.81. The molecule has 0 atom stereocenters. The highest BCUT2D eigenvalue weighted by Gasteiger charge is 2.38. The van der Waals surface area contributed by atoms with Crippen LogP contribution in [0.3, 0.4) is 0 Å². The summed E-state index contributed by atoms with van der Waals surface area (Å²) in [5.41, 5.74) is 4.11. The third kappa shape index (κ3) is 2.03. The highest BCUT2D eigenvalue weighted by atomic mass is 19.4. The topological polar surface area (TPSA) is 56.7 Å². The van der Waals surface area contributed by atoms with Crippen LogP contribution in [0.2, 0.25) is 0 Å². The van der Waals surface area contributed by atoms with E-state index in [2.05, 4.69) is 10.3 Å². The van der Waals surface area contributed by atoms with Crippen LogP contribution in [-0.4, -0.2) is 15.0 Å². The molecule has 0 saturated carbocycles. The molecule has 2 N–H and O–H groups in total. The molecule has 0 saturated heterocycles. The van der Waals surface area contributed by atoms with Gasteiger partial charge in [0.25, 0.3) is 0 Å². The quantitative estimate of drug-likeness (QED) is 0.811. The van der Waals surface area contributed by atoms with E-state index >= 15 is 0 Å². The van der Waals surface area contributed by atoms with Crippen molar-refractivity contribution in [3.8, 4) is 0 Å². The molecule has 0 radical (unpaired) electrons. The summed E-state index contributed by atoms with van der Waals surface area (Å²) in [5.74, 6) is 0. The van der Waals surface area contributed by atoms with Gasteiger partial charge >= 0.3 is 6.18 Å². The molecule has 7 heteroatoms. The summed E-state index contributed by atoms with van der Waals surface area (Å²) in [6.45, 7) is 1.71. The SMILES string of the molecule is CCCn1nnc(CN)c1C(F)(F)F. The van der Waals surface area contributed by atoms with E-state index in [9.17, 15) is 13.2 Å². The predicted molar refractivity (Wildman–Crippen MR) is 43.2 cm³/mol. The van der Waals surface area contributed by atoms with Crippen molar-refractivity contribution in [2.24, 2.45) is 5.73 Å². The molecule has 0 fully saturated rings. The molecule has 0 aliphatic heterocycles. The number of alkyl halides is 3. The van der Waals surface area contributed by atoms with Crippen molar-refractivity contribution < 1.29 is 13.2 Å². The van der Waals surface area contributed by atoms with Crippen molar-refractivity contribution in [3.63, 3.8) is 0 Å². The summed E-state index contributed by atoms with van der Waals surface area (Å²) in [6.07, 6.45) is -3.87. The van der Waals surface area contributed by atoms with Crippen molar-refractivity contribution in [2.75, 3.05) is 0 Å². The lowest BCUT2D eigenvalue weighted by Crippen LogP contribution is -2.17. The van der Waals surface area contributed by atoms with Crippen LogP contribution in [0.15, 0.2) is 0 Å². The van der Waals surface area contributed by atoms with Crippen LogP contribution < -0.4 is 5.73 Å². The van der Waals surface area contributed by atoms with Gasteiger partial charge in [-0.15, -0.1) is 5.10 Å². The number of nitrogens with zero attached hydrogens (tertiary/aromatic N) is 3. The van der Waals surface area contributed by atoms with Crippen LogP contribution in [0.4, 0.5) is 13.2 Å². The molecular weight excluding hydrogens is 197 g/mol. The van der Waals surface area contributed by atoms with Crippen LogP contribution in [0, 0.1) is 0 Å². The Hall–Kier alpha value is -1.11. The molecule has 1 rings (SSSR count). The van der Waals surface area contributed by atoms with Crippen LogP contribution in [-0.2, 0) is 19.3 Å². The Kier molecular flexibility index (Phi) is 3.10. The lowest BCUT2D eigenvalue weighted by Gasteiger charge is -2.09. The number of aryl methyl sites for hydroxylation is 1. The van der Waals surface area contributed by atoms with Gasteiger partial charge in [-0.3, -0.25) is 0 Å². The van der Waals surface area contributed by atoms with Gasteiger partial charge in [0.15, 0.2) is 5.69 Å². The molecule has 80 valence electrons. The number of aromatic nitrogens is 3. The second-order valence-corrected chi connectivity index (χ2v) is 2.81. The minimum atomic E-state index is -4.44. The Morgan fingerprint density at radius 1 is 1.43 bits per heavy atom. The maximum Gasteiger partial charge on any atom is 0.434 e. The van der Waals surface area contributed by atoms with Gasteiger partial charge in [0.1, 0.15) is 5.69 Å². The Morgan fingerprint density at radius 3 is 2.50 bits per heavy atom. The first-order valence-electron chi connectivity index (χ1n) is 4.20. The zero-order valence-electron chi connectivity index (χ0n) is 7.67. The number of rotatable bonds is 3. The highest BCUT2D eigenvalue weighted by molar-refractivity contribution is 5.13. The average molecular weight is 208 g/mol. The molecule has 0 spiro atoms. The fourth-order valence-electron chi connectivity index (χ4n) is 1.16. The van der Waals surface area contributed by atoms with E-state index in [0.29, 0.717) is 6.42 Å². The molecule has 0 amide bonds. The van der Waals surface area contributed by atoms with E-state index in [1.807, 2.05) is 0 Å². The maximum absolute atomic E-state index is 12.5. The highest BCUT2D eigenvalue weighted by Crippen LogP contribution is 2.30. The van der Waals surface area contributed by atoms with Crippen LogP contribution in [0.1, 0.15) is 24.7 Å². The van der Waals surface area contributed by atoms with E-state index in [-0.39, 0.29) is 18.8 Å². The third-order valence-corrected chi connectivity index (χ3v) is 1.70. The van der Waals surface area contributed by atoms with Gasteiger partial charge < -0.3 is 5.73 Å². The van der Waals surface area contributed by atoms with Gasteiger partial charge in [-0.25, -0.2) is 4.68 Å². The van der Waals surface area contributed by atoms with Crippen LogP contribution >= 0.6 is 0 Å². The van der Waals surface area contributed by atoms with Crippen molar-refractivity contribution in [3.05, 3.63) is 11.4 Å². The summed E-state index contributed by atoms with van der Waals surface area (Å²) in [7, 11) is 0. The standard InChI is InChI=1S/C7H11F3N4/c1-2-3-14-6(7(8,9)10)5(4-11)12-13-14/h2-4,11H2,1H3. The third-order valence-electron chi connectivity index (χ3n) is 1.70. The summed E-state index contributed by atoms with van der Waals surface area (Å²) in [5, 5.41) is 6.80. The first-order valence-corrected chi connectivity index (χ1v) is 4.20. The summed E-state index contributed by atoms with van der Waals surface area (Å²) in [4.78, 5) is 0. The zero-order valence-corrected chi connectivity index (χ0v) is 7.67. The fraction of sp³-hybridized carbons (Fsp3) is 0.714. The van der Waals surface area contributed by atoms with Gasteiger partial charge in [0, 0.05) is 13.1 Å².